The van der Waals surface area contributed by atoms with Gasteiger partial charge in [-0.1, -0.05) is 27.7 Å². The summed E-state index contributed by atoms with van der Waals surface area (Å²) in [5.41, 5.74) is 1.02. The molecule has 0 aliphatic rings. The van der Waals surface area contributed by atoms with E-state index in [1.165, 1.54) is 0 Å². The third kappa shape index (κ3) is 7.97. The van der Waals surface area contributed by atoms with E-state index in [-0.39, 0.29) is 24.3 Å². The highest BCUT2D eigenvalue weighted by atomic mass is 16.5. The molecule has 146 valence electrons. The summed E-state index contributed by atoms with van der Waals surface area (Å²) in [5, 5.41) is 15.9. The van der Waals surface area contributed by atoms with Crippen LogP contribution in [0.2, 0.25) is 0 Å². The first kappa shape index (κ1) is 22.1. The fourth-order valence-corrected chi connectivity index (χ4v) is 2.38. The first-order valence-corrected chi connectivity index (χ1v) is 9.38. The number of ether oxygens (including phenoxy) is 1. The molecule has 26 heavy (non-hydrogen) atoms. The number of aliphatic hydroxyl groups is 1. The van der Waals surface area contributed by atoms with Crippen LogP contribution in [0.15, 0.2) is 18.2 Å². The molecule has 1 aromatic carbocycles. The number of anilines is 1. The van der Waals surface area contributed by atoms with Crippen LogP contribution in [0.4, 0.5) is 5.69 Å². The van der Waals surface area contributed by atoms with E-state index in [0.29, 0.717) is 36.4 Å². The van der Waals surface area contributed by atoms with Crippen LogP contribution in [0.1, 0.15) is 63.7 Å². The smallest absolute Gasteiger partial charge is 0.224 e. The summed E-state index contributed by atoms with van der Waals surface area (Å²) in [6.45, 7) is 8.38. The summed E-state index contributed by atoms with van der Waals surface area (Å²) in [5.74, 6) is 0.315. The summed E-state index contributed by atoms with van der Waals surface area (Å²) in [7, 11) is 0. The Morgan fingerprint density at radius 1 is 1.15 bits per heavy atom. The van der Waals surface area contributed by atoms with Crippen molar-refractivity contribution < 1.29 is 19.4 Å². The minimum absolute atomic E-state index is 0.0381. The van der Waals surface area contributed by atoms with E-state index in [0.717, 1.165) is 12.8 Å². The SMILES string of the molecule is CCCC(=O)Nc1ccc(OC[C@@H](O)CNC(C)C)c(C(=O)CCC)c1. The minimum Gasteiger partial charge on any atom is -0.490 e. The van der Waals surface area contributed by atoms with Crippen molar-refractivity contribution >= 4 is 17.4 Å². The van der Waals surface area contributed by atoms with E-state index in [4.69, 9.17) is 4.74 Å². The second-order valence-electron chi connectivity index (χ2n) is 6.71. The zero-order valence-corrected chi connectivity index (χ0v) is 16.3. The molecular weight excluding hydrogens is 332 g/mol. The van der Waals surface area contributed by atoms with Crippen molar-refractivity contribution in [3.05, 3.63) is 23.8 Å². The number of hydrogen-bond acceptors (Lipinski definition) is 5. The highest BCUT2D eigenvalue weighted by Crippen LogP contribution is 2.25. The zero-order chi connectivity index (χ0) is 19.5. The minimum atomic E-state index is -0.671. The van der Waals surface area contributed by atoms with Gasteiger partial charge in [0, 0.05) is 31.1 Å². The maximum absolute atomic E-state index is 12.4. The highest BCUT2D eigenvalue weighted by Gasteiger charge is 2.15. The Balaban J connectivity index is 2.85. The predicted octanol–water partition coefficient (Wildman–Crippen LogP) is 3.15. The largest absolute Gasteiger partial charge is 0.490 e. The maximum Gasteiger partial charge on any atom is 0.224 e. The van der Waals surface area contributed by atoms with Crippen LogP contribution in [-0.2, 0) is 4.79 Å². The Labute approximate surface area is 156 Å². The van der Waals surface area contributed by atoms with E-state index in [1.807, 2.05) is 27.7 Å². The maximum atomic E-state index is 12.4. The number of aliphatic hydroxyl groups excluding tert-OH is 1. The van der Waals surface area contributed by atoms with Crippen LogP contribution in [0.25, 0.3) is 0 Å². The standard InChI is InChI=1S/C20H32N2O4/c1-5-7-18(24)17-11-15(22-20(25)8-6-2)9-10-19(17)26-13-16(23)12-21-14(3)4/h9-11,14,16,21,23H,5-8,12-13H2,1-4H3,(H,22,25)/t16-/m0/s1. The summed E-state index contributed by atoms with van der Waals surface area (Å²) in [4.78, 5) is 24.2. The number of Topliss-reactive ketones (excluding diaryl/α,β-unsaturated/α-hetero) is 1. The molecule has 0 fully saturated rings. The molecular formula is C20H32N2O4. The van der Waals surface area contributed by atoms with Crippen LogP contribution in [-0.4, -0.2) is 42.1 Å². The molecule has 0 aliphatic carbocycles. The van der Waals surface area contributed by atoms with Gasteiger partial charge in [-0.05, 0) is 31.0 Å². The number of nitrogens with one attached hydrogen (secondary N) is 2. The fraction of sp³-hybridized carbons (Fsp3) is 0.600. The van der Waals surface area contributed by atoms with Crippen LogP contribution >= 0.6 is 0 Å². The second-order valence-corrected chi connectivity index (χ2v) is 6.71. The van der Waals surface area contributed by atoms with Crippen LogP contribution in [0.5, 0.6) is 5.75 Å². The Morgan fingerprint density at radius 3 is 2.46 bits per heavy atom. The lowest BCUT2D eigenvalue weighted by atomic mass is 10.0. The number of carbonyl (C=O) groups excluding carboxylic acids is 2. The molecule has 6 nitrogen and oxygen atoms in total. The lowest BCUT2D eigenvalue weighted by Crippen LogP contribution is -2.35. The molecule has 6 heteroatoms. The molecule has 0 bridgehead atoms. The van der Waals surface area contributed by atoms with E-state index < -0.39 is 6.10 Å². The van der Waals surface area contributed by atoms with Gasteiger partial charge in [0.15, 0.2) is 5.78 Å². The average molecular weight is 364 g/mol. The fourth-order valence-electron chi connectivity index (χ4n) is 2.38. The van der Waals surface area contributed by atoms with Crippen molar-refractivity contribution in [1.29, 1.82) is 0 Å². The van der Waals surface area contributed by atoms with Crippen molar-refractivity contribution in [3.8, 4) is 5.75 Å². The lowest BCUT2D eigenvalue weighted by molar-refractivity contribution is -0.116. The molecule has 1 aromatic rings. The molecule has 1 atom stereocenters. The van der Waals surface area contributed by atoms with E-state index in [2.05, 4.69) is 10.6 Å². The van der Waals surface area contributed by atoms with Crippen molar-refractivity contribution in [2.24, 2.45) is 0 Å². The molecule has 0 unspecified atom stereocenters. The molecule has 0 heterocycles. The third-order valence-corrected chi connectivity index (χ3v) is 3.71. The van der Waals surface area contributed by atoms with Gasteiger partial charge in [-0.25, -0.2) is 0 Å². The van der Waals surface area contributed by atoms with Gasteiger partial charge in [0.05, 0.1) is 5.56 Å². The van der Waals surface area contributed by atoms with Gasteiger partial charge < -0.3 is 20.5 Å². The van der Waals surface area contributed by atoms with Gasteiger partial charge in [0.1, 0.15) is 18.5 Å². The van der Waals surface area contributed by atoms with Crippen molar-refractivity contribution in [1.82, 2.24) is 5.32 Å². The van der Waals surface area contributed by atoms with Gasteiger partial charge in [-0.3, -0.25) is 9.59 Å². The van der Waals surface area contributed by atoms with Crippen LogP contribution < -0.4 is 15.4 Å². The van der Waals surface area contributed by atoms with Gasteiger partial charge >= 0.3 is 0 Å². The van der Waals surface area contributed by atoms with Gasteiger partial charge in [0.2, 0.25) is 5.91 Å². The quantitative estimate of drug-likeness (QED) is 0.496. The van der Waals surface area contributed by atoms with Gasteiger partial charge in [0.25, 0.3) is 0 Å². The predicted molar refractivity (Wildman–Crippen MR) is 104 cm³/mol. The number of benzene rings is 1. The molecule has 0 saturated carbocycles. The first-order valence-electron chi connectivity index (χ1n) is 9.38. The molecule has 0 aliphatic heterocycles. The number of amides is 1. The summed E-state index contributed by atoms with van der Waals surface area (Å²) >= 11 is 0. The van der Waals surface area contributed by atoms with Gasteiger partial charge in [-0.2, -0.15) is 0 Å². The van der Waals surface area contributed by atoms with Gasteiger partial charge in [-0.15, -0.1) is 0 Å². The van der Waals surface area contributed by atoms with Crippen molar-refractivity contribution in [2.75, 3.05) is 18.5 Å². The van der Waals surface area contributed by atoms with Crippen LogP contribution in [0, 0.1) is 0 Å². The van der Waals surface area contributed by atoms with E-state index in [9.17, 15) is 14.7 Å². The lowest BCUT2D eigenvalue weighted by Gasteiger charge is -2.17. The second kappa shape index (κ2) is 11.6. The Kier molecular flexibility index (Phi) is 9.91. The zero-order valence-electron chi connectivity index (χ0n) is 16.3. The highest BCUT2D eigenvalue weighted by molar-refractivity contribution is 6.00. The Bertz CT molecular complexity index is 587. The number of ketones is 1. The normalized spacial score (nSPS) is 12.1. The molecule has 0 aromatic heterocycles. The summed E-state index contributed by atoms with van der Waals surface area (Å²) in [6, 6.07) is 5.31. The number of rotatable bonds is 12. The Hall–Kier alpha value is -1.92. The molecule has 0 spiro atoms. The van der Waals surface area contributed by atoms with Crippen molar-refractivity contribution in [2.45, 2.75) is 65.5 Å². The molecule has 3 N–H and O–H groups in total. The number of carbonyl (C=O) groups is 2. The monoisotopic (exact) mass is 364 g/mol. The topological polar surface area (TPSA) is 87.7 Å². The molecule has 0 saturated heterocycles. The molecule has 1 amide bonds. The summed E-state index contributed by atoms with van der Waals surface area (Å²) in [6.07, 6.45) is 1.66. The van der Waals surface area contributed by atoms with E-state index in [1.54, 1.807) is 18.2 Å². The third-order valence-electron chi connectivity index (χ3n) is 3.71. The Morgan fingerprint density at radius 2 is 1.85 bits per heavy atom. The molecule has 0 radical (unpaired) electrons. The van der Waals surface area contributed by atoms with Crippen molar-refractivity contribution in [3.63, 3.8) is 0 Å². The van der Waals surface area contributed by atoms with E-state index >= 15 is 0 Å². The molecule has 1 rings (SSSR count). The first-order chi connectivity index (χ1) is 12.4. The number of hydrogen-bond donors (Lipinski definition) is 3. The average Bonchev–Trinajstić information content (AvgIpc) is 2.59. The van der Waals surface area contributed by atoms with Crippen LogP contribution in [0.3, 0.4) is 0 Å². The summed E-state index contributed by atoms with van der Waals surface area (Å²) < 4.78 is 5.68.